The van der Waals surface area contributed by atoms with E-state index in [1.165, 1.54) is 0 Å². The molecular formula is C10H13BrO2. The third-order valence-electron chi connectivity index (χ3n) is 2.01. The van der Waals surface area contributed by atoms with Crippen molar-refractivity contribution in [3.05, 3.63) is 28.2 Å². The van der Waals surface area contributed by atoms with E-state index in [9.17, 15) is 0 Å². The summed E-state index contributed by atoms with van der Waals surface area (Å²) in [6.45, 7) is 2.12. The van der Waals surface area contributed by atoms with Crippen LogP contribution in [-0.2, 0) is 0 Å². The second-order valence-electron chi connectivity index (χ2n) is 2.97. The van der Waals surface area contributed by atoms with Crippen molar-refractivity contribution in [2.75, 3.05) is 13.7 Å². The molecule has 0 aliphatic rings. The minimum absolute atomic E-state index is 0.129. The Morgan fingerprint density at radius 1 is 1.54 bits per heavy atom. The number of rotatable bonds is 3. The summed E-state index contributed by atoms with van der Waals surface area (Å²) >= 11 is 3.43. The summed E-state index contributed by atoms with van der Waals surface area (Å²) in [5, 5.41) is 9.01. The molecule has 13 heavy (non-hydrogen) atoms. The third-order valence-corrected chi connectivity index (χ3v) is 2.73. The minimum Gasteiger partial charge on any atom is -0.497 e. The summed E-state index contributed by atoms with van der Waals surface area (Å²) in [6.07, 6.45) is 0. The standard InChI is InChI=1S/C10H13BrO2/c1-7(6-12)9-5-8(13-2)3-4-10(9)11/h3-5,7,12H,6H2,1-2H3. The molecule has 0 aliphatic carbocycles. The first kappa shape index (κ1) is 10.5. The second kappa shape index (κ2) is 4.63. The zero-order chi connectivity index (χ0) is 9.84. The number of benzene rings is 1. The highest BCUT2D eigenvalue weighted by molar-refractivity contribution is 9.10. The molecule has 0 heterocycles. The zero-order valence-electron chi connectivity index (χ0n) is 7.75. The summed E-state index contributed by atoms with van der Waals surface area (Å²) in [5.41, 5.74) is 1.07. The highest BCUT2D eigenvalue weighted by Crippen LogP contribution is 2.28. The molecule has 0 bridgehead atoms. The van der Waals surface area contributed by atoms with Crippen molar-refractivity contribution >= 4 is 15.9 Å². The summed E-state index contributed by atoms with van der Waals surface area (Å²) in [5.74, 6) is 0.947. The molecule has 0 saturated carbocycles. The second-order valence-corrected chi connectivity index (χ2v) is 3.83. The average molecular weight is 245 g/mol. The molecule has 1 rings (SSSR count). The van der Waals surface area contributed by atoms with Crippen LogP contribution < -0.4 is 4.74 Å². The molecule has 1 unspecified atom stereocenters. The van der Waals surface area contributed by atoms with E-state index in [2.05, 4.69) is 15.9 Å². The zero-order valence-corrected chi connectivity index (χ0v) is 9.34. The molecule has 0 amide bonds. The number of hydrogen-bond donors (Lipinski definition) is 1. The van der Waals surface area contributed by atoms with Crippen LogP contribution in [-0.4, -0.2) is 18.8 Å². The first-order chi connectivity index (χ1) is 6.19. The smallest absolute Gasteiger partial charge is 0.119 e. The van der Waals surface area contributed by atoms with Crippen LogP contribution in [0.4, 0.5) is 0 Å². The van der Waals surface area contributed by atoms with Gasteiger partial charge in [0.25, 0.3) is 0 Å². The van der Waals surface area contributed by atoms with Crippen molar-refractivity contribution in [1.82, 2.24) is 0 Å². The molecule has 0 radical (unpaired) electrons. The molecular weight excluding hydrogens is 232 g/mol. The van der Waals surface area contributed by atoms with E-state index in [1.807, 2.05) is 25.1 Å². The maximum absolute atomic E-state index is 9.01. The van der Waals surface area contributed by atoms with Gasteiger partial charge in [0.15, 0.2) is 0 Å². The molecule has 1 aromatic rings. The highest BCUT2D eigenvalue weighted by atomic mass is 79.9. The fourth-order valence-electron chi connectivity index (χ4n) is 1.12. The fourth-order valence-corrected chi connectivity index (χ4v) is 1.76. The normalized spacial score (nSPS) is 12.6. The van der Waals surface area contributed by atoms with E-state index in [4.69, 9.17) is 9.84 Å². The van der Waals surface area contributed by atoms with Crippen molar-refractivity contribution in [2.24, 2.45) is 0 Å². The van der Waals surface area contributed by atoms with Crippen molar-refractivity contribution in [2.45, 2.75) is 12.8 Å². The maximum Gasteiger partial charge on any atom is 0.119 e. The van der Waals surface area contributed by atoms with Crippen LogP contribution in [0.5, 0.6) is 5.75 Å². The first-order valence-electron chi connectivity index (χ1n) is 4.13. The van der Waals surface area contributed by atoms with E-state index >= 15 is 0 Å². The van der Waals surface area contributed by atoms with Gasteiger partial charge in [-0.25, -0.2) is 0 Å². The monoisotopic (exact) mass is 244 g/mol. The number of aliphatic hydroxyl groups excluding tert-OH is 1. The van der Waals surface area contributed by atoms with E-state index < -0.39 is 0 Å². The molecule has 1 atom stereocenters. The number of methoxy groups -OCH3 is 1. The molecule has 0 aromatic heterocycles. The first-order valence-corrected chi connectivity index (χ1v) is 4.92. The van der Waals surface area contributed by atoms with Gasteiger partial charge in [0.05, 0.1) is 7.11 Å². The summed E-state index contributed by atoms with van der Waals surface area (Å²) in [6, 6.07) is 5.75. The maximum atomic E-state index is 9.01. The Hall–Kier alpha value is -0.540. The van der Waals surface area contributed by atoms with Gasteiger partial charge < -0.3 is 9.84 Å². The van der Waals surface area contributed by atoms with Gasteiger partial charge in [-0.2, -0.15) is 0 Å². The molecule has 2 nitrogen and oxygen atoms in total. The van der Waals surface area contributed by atoms with Crippen molar-refractivity contribution < 1.29 is 9.84 Å². The molecule has 0 aliphatic heterocycles. The van der Waals surface area contributed by atoms with Gasteiger partial charge in [-0.1, -0.05) is 22.9 Å². The Morgan fingerprint density at radius 2 is 2.23 bits per heavy atom. The fraction of sp³-hybridized carbons (Fsp3) is 0.400. The van der Waals surface area contributed by atoms with Crippen LogP contribution in [0, 0.1) is 0 Å². The predicted octanol–water partition coefficient (Wildman–Crippen LogP) is 2.55. The number of aliphatic hydroxyl groups is 1. The Balaban J connectivity index is 3.03. The van der Waals surface area contributed by atoms with Crippen LogP contribution in [0.1, 0.15) is 18.4 Å². The Labute approximate surface area is 86.7 Å². The van der Waals surface area contributed by atoms with Crippen LogP contribution in [0.15, 0.2) is 22.7 Å². The van der Waals surface area contributed by atoms with Gasteiger partial charge in [-0.05, 0) is 23.8 Å². The van der Waals surface area contributed by atoms with E-state index in [1.54, 1.807) is 7.11 Å². The van der Waals surface area contributed by atoms with E-state index in [0.29, 0.717) is 0 Å². The molecule has 0 fully saturated rings. The van der Waals surface area contributed by atoms with Crippen LogP contribution in [0.2, 0.25) is 0 Å². The average Bonchev–Trinajstić information content (AvgIpc) is 2.17. The third kappa shape index (κ3) is 2.45. The Morgan fingerprint density at radius 3 is 2.77 bits per heavy atom. The van der Waals surface area contributed by atoms with Gasteiger partial charge in [-0.15, -0.1) is 0 Å². The number of halogens is 1. The van der Waals surface area contributed by atoms with Crippen LogP contribution in [0.25, 0.3) is 0 Å². The highest BCUT2D eigenvalue weighted by Gasteiger charge is 2.08. The molecule has 0 saturated heterocycles. The molecule has 3 heteroatoms. The predicted molar refractivity (Wildman–Crippen MR) is 56.2 cm³/mol. The SMILES string of the molecule is COc1ccc(Br)c(C(C)CO)c1. The minimum atomic E-state index is 0.129. The quantitative estimate of drug-likeness (QED) is 0.886. The molecule has 1 aromatic carbocycles. The molecule has 72 valence electrons. The number of hydrogen-bond acceptors (Lipinski definition) is 2. The van der Waals surface area contributed by atoms with Crippen LogP contribution in [0.3, 0.4) is 0 Å². The van der Waals surface area contributed by atoms with Gasteiger partial charge in [0.1, 0.15) is 5.75 Å². The lowest BCUT2D eigenvalue weighted by molar-refractivity contribution is 0.272. The largest absolute Gasteiger partial charge is 0.497 e. The number of ether oxygens (including phenoxy) is 1. The Bertz CT molecular complexity index is 286. The summed E-state index contributed by atoms with van der Waals surface area (Å²) in [4.78, 5) is 0. The van der Waals surface area contributed by atoms with Crippen molar-refractivity contribution in [1.29, 1.82) is 0 Å². The summed E-state index contributed by atoms with van der Waals surface area (Å²) in [7, 11) is 1.64. The van der Waals surface area contributed by atoms with Gasteiger partial charge in [0, 0.05) is 17.0 Å². The summed E-state index contributed by atoms with van der Waals surface area (Å²) < 4.78 is 6.11. The lowest BCUT2D eigenvalue weighted by atomic mass is 10.0. The van der Waals surface area contributed by atoms with Gasteiger partial charge in [-0.3, -0.25) is 0 Å². The van der Waals surface area contributed by atoms with Gasteiger partial charge in [0.2, 0.25) is 0 Å². The lowest BCUT2D eigenvalue weighted by Gasteiger charge is -2.11. The topological polar surface area (TPSA) is 29.5 Å². The van der Waals surface area contributed by atoms with Crippen molar-refractivity contribution in [3.8, 4) is 5.75 Å². The van der Waals surface area contributed by atoms with E-state index in [-0.39, 0.29) is 12.5 Å². The van der Waals surface area contributed by atoms with E-state index in [0.717, 1.165) is 15.8 Å². The van der Waals surface area contributed by atoms with Crippen LogP contribution >= 0.6 is 15.9 Å². The lowest BCUT2D eigenvalue weighted by Crippen LogP contribution is -2.00. The molecule has 0 spiro atoms. The van der Waals surface area contributed by atoms with Crippen molar-refractivity contribution in [3.63, 3.8) is 0 Å². The molecule has 1 N–H and O–H groups in total. The van der Waals surface area contributed by atoms with Gasteiger partial charge >= 0.3 is 0 Å². The Kier molecular flexibility index (Phi) is 3.75.